The molecule has 1 N–H and O–H groups in total. The zero-order valence-electron chi connectivity index (χ0n) is 12.5. The Labute approximate surface area is 125 Å². The largest absolute Gasteiger partial charge is 0.380 e. The molecule has 0 radical (unpaired) electrons. The summed E-state index contributed by atoms with van der Waals surface area (Å²) >= 11 is 1.87. The molecule has 1 heterocycles. The molecule has 1 unspecified atom stereocenters. The van der Waals surface area contributed by atoms with Gasteiger partial charge in [0.2, 0.25) is 0 Å². The number of nitrogens with one attached hydrogen (secondary N) is 1. The van der Waals surface area contributed by atoms with Crippen LogP contribution in [0.5, 0.6) is 0 Å². The van der Waals surface area contributed by atoms with Crippen LogP contribution in [0.4, 0.5) is 0 Å². The molecule has 0 aliphatic rings. The Hall–Kier alpha value is -1.16. The van der Waals surface area contributed by atoms with Gasteiger partial charge in [0.05, 0.1) is 6.61 Å². The molecule has 0 amide bonds. The van der Waals surface area contributed by atoms with Crippen LogP contribution in [0.3, 0.4) is 0 Å². The summed E-state index contributed by atoms with van der Waals surface area (Å²) in [6.07, 6.45) is 1.17. The molecule has 1 aromatic carbocycles. The van der Waals surface area contributed by atoms with Crippen LogP contribution >= 0.6 is 11.3 Å². The summed E-state index contributed by atoms with van der Waals surface area (Å²) in [5.41, 5.74) is 2.50. The lowest BCUT2D eigenvalue weighted by molar-refractivity contribution is 0.185. The van der Waals surface area contributed by atoms with Crippen molar-refractivity contribution >= 4 is 11.3 Å². The van der Waals surface area contributed by atoms with Gasteiger partial charge in [0.15, 0.2) is 0 Å². The molecular weight excluding hydrogens is 266 g/mol. The van der Waals surface area contributed by atoms with E-state index in [1.807, 2.05) is 11.3 Å². The first kappa shape index (κ1) is 15.2. The number of thiophene rings is 1. The normalized spacial score (nSPS) is 12.6. The van der Waals surface area contributed by atoms with Crippen molar-refractivity contribution in [1.82, 2.24) is 5.32 Å². The van der Waals surface area contributed by atoms with Crippen LogP contribution in [-0.2, 0) is 11.3 Å². The molecule has 0 saturated heterocycles. The third-order valence-electron chi connectivity index (χ3n) is 3.28. The number of methoxy groups -OCH3 is 1. The molecule has 20 heavy (non-hydrogen) atoms. The smallest absolute Gasteiger partial charge is 0.0713 e. The van der Waals surface area contributed by atoms with Crippen LogP contribution in [0.1, 0.15) is 36.8 Å². The molecule has 2 nitrogen and oxygen atoms in total. The molecule has 0 aliphatic carbocycles. The molecule has 0 fully saturated rings. The zero-order valence-corrected chi connectivity index (χ0v) is 13.3. The van der Waals surface area contributed by atoms with Crippen LogP contribution in [0.25, 0.3) is 10.4 Å². The van der Waals surface area contributed by atoms with E-state index in [-0.39, 0.29) is 0 Å². The summed E-state index contributed by atoms with van der Waals surface area (Å²) in [6.45, 7) is 6.16. The molecule has 3 heteroatoms. The second-order valence-electron chi connectivity index (χ2n) is 5.01. The molecule has 1 aromatic heterocycles. The molecule has 0 spiro atoms. The molecular formula is C17H23NOS. The quantitative estimate of drug-likeness (QED) is 0.803. The molecule has 2 aromatic rings. The van der Waals surface area contributed by atoms with Crippen LogP contribution in [0.15, 0.2) is 36.4 Å². The molecule has 1 atom stereocenters. The maximum Gasteiger partial charge on any atom is 0.0713 e. The fourth-order valence-corrected chi connectivity index (χ4v) is 3.21. The van der Waals surface area contributed by atoms with Gasteiger partial charge in [-0.2, -0.15) is 0 Å². The zero-order chi connectivity index (χ0) is 14.4. The predicted molar refractivity (Wildman–Crippen MR) is 87.2 cm³/mol. The third kappa shape index (κ3) is 3.92. The van der Waals surface area contributed by atoms with Gasteiger partial charge in [-0.15, -0.1) is 11.3 Å². The number of hydrogen-bond acceptors (Lipinski definition) is 3. The van der Waals surface area contributed by atoms with E-state index in [2.05, 4.69) is 55.6 Å². The van der Waals surface area contributed by atoms with E-state index >= 15 is 0 Å². The van der Waals surface area contributed by atoms with Crippen molar-refractivity contribution in [2.45, 2.75) is 32.9 Å². The standard InChI is InChI=1S/C17H23NOS/c1-4-10-18-13(2)16-8-9-17(20-16)15-7-5-6-14(11-15)12-19-3/h5-9,11,13,18H,4,10,12H2,1-3H3. The first-order valence-corrected chi connectivity index (χ1v) is 7.97. The lowest BCUT2D eigenvalue weighted by Gasteiger charge is -2.10. The van der Waals surface area contributed by atoms with Crippen molar-refractivity contribution in [3.05, 3.63) is 46.8 Å². The number of ether oxygens (including phenoxy) is 1. The number of hydrogen-bond donors (Lipinski definition) is 1. The predicted octanol–water partition coefficient (Wildman–Crippen LogP) is 4.62. The SMILES string of the molecule is CCCNC(C)c1ccc(-c2cccc(COC)c2)s1. The lowest BCUT2D eigenvalue weighted by atomic mass is 10.1. The van der Waals surface area contributed by atoms with Crippen molar-refractivity contribution in [3.8, 4) is 10.4 Å². The average Bonchev–Trinajstić information content (AvgIpc) is 2.95. The average molecular weight is 289 g/mol. The van der Waals surface area contributed by atoms with Crippen LogP contribution in [0, 0.1) is 0 Å². The minimum Gasteiger partial charge on any atom is -0.380 e. The van der Waals surface area contributed by atoms with Gasteiger partial charge in [0, 0.05) is 22.9 Å². The fraction of sp³-hybridized carbons (Fsp3) is 0.412. The summed E-state index contributed by atoms with van der Waals surface area (Å²) in [6, 6.07) is 13.5. The fourth-order valence-electron chi connectivity index (χ4n) is 2.18. The van der Waals surface area contributed by atoms with Gasteiger partial charge in [-0.25, -0.2) is 0 Å². The topological polar surface area (TPSA) is 21.3 Å². The Morgan fingerprint density at radius 2 is 2.10 bits per heavy atom. The van der Waals surface area contributed by atoms with E-state index < -0.39 is 0 Å². The minimum atomic E-state index is 0.427. The second-order valence-corrected chi connectivity index (χ2v) is 6.13. The summed E-state index contributed by atoms with van der Waals surface area (Å²) in [7, 11) is 1.73. The summed E-state index contributed by atoms with van der Waals surface area (Å²) < 4.78 is 5.20. The van der Waals surface area contributed by atoms with Crippen molar-refractivity contribution in [1.29, 1.82) is 0 Å². The molecule has 108 valence electrons. The minimum absolute atomic E-state index is 0.427. The first-order chi connectivity index (χ1) is 9.74. The van der Waals surface area contributed by atoms with E-state index in [0.717, 1.165) is 6.54 Å². The second kappa shape index (κ2) is 7.58. The van der Waals surface area contributed by atoms with E-state index in [4.69, 9.17) is 4.74 Å². The summed E-state index contributed by atoms with van der Waals surface area (Å²) in [5.74, 6) is 0. The third-order valence-corrected chi connectivity index (χ3v) is 4.59. The van der Waals surface area contributed by atoms with E-state index in [0.29, 0.717) is 12.6 Å². The van der Waals surface area contributed by atoms with E-state index in [1.165, 1.54) is 27.3 Å². The molecule has 0 bridgehead atoms. The maximum absolute atomic E-state index is 5.20. The van der Waals surface area contributed by atoms with E-state index in [1.54, 1.807) is 7.11 Å². The molecule has 0 saturated carbocycles. The monoisotopic (exact) mass is 289 g/mol. The Morgan fingerprint density at radius 1 is 1.25 bits per heavy atom. The molecule has 0 aliphatic heterocycles. The first-order valence-electron chi connectivity index (χ1n) is 7.16. The van der Waals surface area contributed by atoms with Crippen molar-refractivity contribution in [2.24, 2.45) is 0 Å². The van der Waals surface area contributed by atoms with Gasteiger partial charge in [0.1, 0.15) is 0 Å². The molecule has 2 rings (SSSR count). The van der Waals surface area contributed by atoms with Crippen molar-refractivity contribution in [3.63, 3.8) is 0 Å². The van der Waals surface area contributed by atoms with Gasteiger partial charge in [-0.3, -0.25) is 0 Å². The van der Waals surface area contributed by atoms with E-state index in [9.17, 15) is 0 Å². The summed E-state index contributed by atoms with van der Waals surface area (Å²) in [5, 5.41) is 3.54. The number of benzene rings is 1. The highest BCUT2D eigenvalue weighted by Crippen LogP contribution is 2.31. The Balaban J connectivity index is 2.13. The maximum atomic E-state index is 5.20. The van der Waals surface area contributed by atoms with Crippen LogP contribution in [0.2, 0.25) is 0 Å². The van der Waals surface area contributed by atoms with Gasteiger partial charge in [0.25, 0.3) is 0 Å². The van der Waals surface area contributed by atoms with Crippen LogP contribution in [-0.4, -0.2) is 13.7 Å². The Bertz CT molecular complexity index is 535. The van der Waals surface area contributed by atoms with Gasteiger partial charge in [-0.1, -0.05) is 25.1 Å². The van der Waals surface area contributed by atoms with Gasteiger partial charge < -0.3 is 10.1 Å². The van der Waals surface area contributed by atoms with Gasteiger partial charge >= 0.3 is 0 Å². The highest BCUT2D eigenvalue weighted by atomic mass is 32.1. The van der Waals surface area contributed by atoms with Gasteiger partial charge in [-0.05, 0) is 49.2 Å². The van der Waals surface area contributed by atoms with Crippen molar-refractivity contribution < 1.29 is 4.74 Å². The Kier molecular flexibility index (Phi) is 5.77. The van der Waals surface area contributed by atoms with Crippen molar-refractivity contribution in [2.75, 3.05) is 13.7 Å². The lowest BCUT2D eigenvalue weighted by Crippen LogP contribution is -2.18. The highest BCUT2D eigenvalue weighted by molar-refractivity contribution is 7.15. The van der Waals surface area contributed by atoms with Crippen LogP contribution < -0.4 is 5.32 Å². The Morgan fingerprint density at radius 3 is 2.85 bits per heavy atom. The summed E-state index contributed by atoms with van der Waals surface area (Å²) in [4.78, 5) is 2.72. The number of rotatable bonds is 7. The highest BCUT2D eigenvalue weighted by Gasteiger charge is 2.09.